The predicted molar refractivity (Wildman–Crippen MR) is 88.2 cm³/mol. The van der Waals surface area contributed by atoms with E-state index in [-0.39, 0.29) is 20.8 Å². The summed E-state index contributed by atoms with van der Waals surface area (Å²) in [7, 11) is 0. The fourth-order valence-electron chi connectivity index (χ4n) is 1.40. The summed E-state index contributed by atoms with van der Waals surface area (Å²) < 4.78 is 0. The van der Waals surface area contributed by atoms with Crippen LogP contribution in [0.15, 0.2) is 23.5 Å². The lowest BCUT2D eigenvalue weighted by atomic mass is 10.2. The SMILES string of the molecule is CSc1ncc(C(=O)Nc2cc(Cl)c(Cl)cc2Cl)c(Cl)n1. The van der Waals surface area contributed by atoms with E-state index in [1.807, 2.05) is 0 Å². The molecule has 2 aromatic rings. The fraction of sp³-hybridized carbons (Fsp3) is 0.0833. The van der Waals surface area contributed by atoms with E-state index < -0.39 is 5.91 Å². The zero-order valence-electron chi connectivity index (χ0n) is 10.5. The van der Waals surface area contributed by atoms with E-state index in [2.05, 4.69) is 15.3 Å². The Balaban J connectivity index is 2.28. The van der Waals surface area contributed by atoms with Crippen LogP contribution in [0.3, 0.4) is 0 Å². The fourth-order valence-corrected chi connectivity index (χ4v) is 2.60. The molecule has 0 radical (unpaired) electrons. The van der Waals surface area contributed by atoms with Crippen molar-refractivity contribution in [1.29, 1.82) is 0 Å². The third-order valence-electron chi connectivity index (χ3n) is 2.41. The van der Waals surface area contributed by atoms with Crippen molar-refractivity contribution in [2.45, 2.75) is 5.16 Å². The van der Waals surface area contributed by atoms with Crippen LogP contribution in [-0.4, -0.2) is 22.1 Å². The Morgan fingerprint density at radius 3 is 2.43 bits per heavy atom. The van der Waals surface area contributed by atoms with Crippen LogP contribution in [0.2, 0.25) is 20.2 Å². The highest BCUT2D eigenvalue weighted by Gasteiger charge is 2.15. The zero-order valence-corrected chi connectivity index (χ0v) is 14.3. The summed E-state index contributed by atoms with van der Waals surface area (Å²) in [6, 6.07) is 2.89. The number of benzene rings is 1. The van der Waals surface area contributed by atoms with Gasteiger partial charge in [-0.3, -0.25) is 4.79 Å². The molecule has 1 aromatic heterocycles. The topological polar surface area (TPSA) is 54.9 Å². The van der Waals surface area contributed by atoms with Gasteiger partial charge < -0.3 is 5.32 Å². The molecule has 0 saturated carbocycles. The number of halogens is 4. The van der Waals surface area contributed by atoms with Gasteiger partial charge in [0.1, 0.15) is 5.15 Å². The number of amides is 1. The van der Waals surface area contributed by atoms with Gasteiger partial charge in [-0.2, -0.15) is 0 Å². The Labute approximate surface area is 145 Å². The smallest absolute Gasteiger partial charge is 0.260 e. The maximum absolute atomic E-state index is 12.2. The largest absolute Gasteiger partial charge is 0.320 e. The highest BCUT2D eigenvalue weighted by Crippen LogP contribution is 2.32. The van der Waals surface area contributed by atoms with E-state index in [1.54, 1.807) is 6.26 Å². The second-order valence-electron chi connectivity index (χ2n) is 3.76. The minimum atomic E-state index is -0.493. The first-order valence-electron chi connectivity index (χ1n) is 5.44. The molecule has 1 amide bonds. The molecule has 0 unspecified atom stereocenters. The number of hydrogen-bond donors (Lipinski definition) is 1. The molecule has 9 heteroatoms. The van der Waals surface area contributed by atoms with Crippen molar-refractivity contribution in [3.63, 3.8) is 0 Å². The third kappa shape index (κ3) is 3.93. The molecule has 1 N–H and O–H groups in total. The number of anilines is 1. The first kappa shape index (κ1) is 16.6. The van der Waals surface area contributed by atoms with Gasteiger partial charge in [-0.05, 0) is 18.4 Å². The average Bonchev–Trinajstić information content (AvgIpc) is 2.44. The van der Waals surface area contributed by atoms with Gasteiger partial charge in [-0.25, -0.2) is 9.97 Å². The lowest BCUT2D eigenvalue weighted by Gasteiger charge is -2.09. The van der Waals surface area contributed by atoms with Gasteiger partial charge in [0.2, 0.25) is 0 Å². The van der Waals surface area contributed by atoms with Crippen molar-refractivity contribution in [3.05, 3.63) is 44.1 Å². The Bertz CT molecular complexity index is 711. The molecule has 0 saturated heterocycles. The van der Waals surface area contributed by atoms with Gasteiger partial charge in [-0.1, -0.05) is 58.2 Å². The van der Waals surface area contributed by atoms with Crippen LogP contribution < -0.4 is 5.32 Å². The number of nitrogens with zero attached hydrogens (tertiary/aromatic N) is 2. The molecule has 110 valence electrons. The molecule has 0 spiro atoms. The summed E-state index contributed by atoms with van der Waals surface area (Å²) in [6.07, 6.45) is 3.16. The minimum absolute atomic E-state index is 0.0584. The normalized spacial score (nSPS) is 10.5. The predicted octanol–water partition coefficient (Wildman–Crippen LogP) is 5.06. The van der Waals surface area contributed by atoms with E-state index in [9.17, 15) is 4.79 Å². The minimum Gasteiger partial charge on any atom is -0.320 e. The molecule has 0 aliphatic heterocycles. The highest BCUT2D eigenvalue weighted by molar-refractivity contribution is 7.98. The monoisotopic (exact) mass is 381 g/mol. The van der Waals surface area contributed by atoms with E-state index in [4.69, 9.17) is 46.4 Å². The molecule has 1 heterocycles. The van der Waals surface area contributed by atoms with Crippen LogP contribution in [0.4, 0.5) is 5.69 Å². The van der Waals surface area contributed by atoms with Crippen molar-refractivity contribution in [3.8, 4) is 0 Å². The van der Waals surface area contributed by atoms with Gasteiger partial charge in [0.15, 0.2) is 5.16 Å². The van der Waals surface area contributed by atoms with E-state index >= 15 is 0 Å². The summed E-state index contributed by atoms with van der Waals surface area (Å²) in [5.41, 5.74) is 0.456. The van der Waals surface area contributed by atoms with E-state index in [0.29, 0.717) is 15.9 Å². The maximum atomic E-state index is 12.2. The van der Waals surface area contributed by atoms with Gasteiger partial charge in [-0.15, -0.1) is 0 Å². The maximum Gasteiger partial charge on any atom is 0.260 e. The average molecular weight is 383 g/mol. The summed E-state index contributed by atoms with van der Waals surface area (Å²) in [4.78, 5) is 20.2. The number of carbonyl (C=O) groups excluding carboxylic acids is 1. The molecule has 2 rings (SSSR count). The highest BCUT2D eigenvalue weighted by atomic mass is 35.5. The summed E-state index contributed by atoms with van der Waals surface area (Å²) in [5, 5.41) is 3.95. The molecule has 0 aliphatic carbocycles. The van der Waals surface area contributed by atoms with Crippen LogP contribution in [0.1, 0.15) is 10.4 Å². The van der Waals surface area contributed by atoms with Gasteiger partial charge in [0, 0.05) is 6.20 Å². The number of nitrogens with one attached hydrogen (secondary N) is 1. The van der Waals surface area contributed by atoms with Crippen molar-refractivity contribution >= 4 is 69.8 Å². The first-order chi connectivity index (χ1) is 9.92. The molecule has 4 nitrogen and oxygen atoms in total. The van der Waals surface area contributed by atoms with Crippen LogP contribution in [0.5, 0.6) is 0 Å². The Hall–Kier alpha value is -0.720. The third-order valence-corrected chi connectivity index (χ3v) is 4.29. The van der Waals surface area contributed by atoms with Crippen LogP contribution in [0, 0.1) is 0 Å². The quantitative estimate of drug-likeness (QED) is 0.348. The summed E-state index contributed by atoms with van der Waals surface area (Å²) in [5.74, 6) is -0.493. The van der Waals surface area contributed by atoms with Gasteiger partial charge >= 0.3 is 0 Å². The van der Waals surface area contributed by atoms with Crippen LogP contribution >= 0.6 is 58.2 Å². The second-order valence-corrected chi connectivity index (χ2v) is 6.11. The first-order valence-corrected chi connectivity index (χ1v) is 8.18. The zero-order chi connectivity index (χ0) is 15.6. The number of aromatic nitrogens is 2. The molecule has 21 heavy (non-hydrogen) atoms. The number of carbonyl (C=O) groups is 1. The van der Waals surface area contributed by atoms with Crippen molar-refractivity contribution in [2.75, 3.05) is 11.6 Å². The molecular formula is C12H7Cl4N3OS. The standard InChI is InChI=1S/C12H7Cl4N3OS/c1-21-12-17-4-5(10(16)19-12)11(20)18-9-3-7(14)6(13)2-8(9)15/h2-4H,1H3,(H,18,20). The Morgan fingerprint density at radius 2 is 1.81 bits per heavy atom. The van der Waals surface area contributed by atoms with Gasteiger partial charge in [0.05, 0.1) is 26.3 Å². The van der Waals surface area contributed by atoms with Gasteiger partial charge in [0.25, 0.3) is 5.91 Å². The molecule has 1 aromatic carbocycles. The van der Waals surface area contributed by atoms with Crippen molar-refractivity contribution in [2.24, 2.45) is 0 Å². The van der Waals surface area contributed by atoms with E-state index in [1.165, 1.54) is 30.1 Å². The molecule has 0 bridgehead atoms. The molecule has 0 atom stereocenters. The molecule has 0 aliphatic rings. The summed E-state index contributed by atoms with van der Waals surface area (Å²) >= 11 is 25.0. The lowest BCUT2D eigenvalue weighted by Crippen LogP contribution is -2.14. The van der Waals surface area contributed by atoms with Crippen molar-refractivity contribution in [1.82, 2.24) is 9.97 Å². The second kappa shape index (κ2) is 7.03. The Kier molecular flexibility index (Phi) is 5.57. The Morgan fingerprint density at radius 1 is 1.14 bits per heavy atom. The summed E-state index contributed by atoms with van der Waals surface area (Å²) in [6.45, 7) is 0. The van der Waals surface area contributed by atoms with E-state index in [0.717, 1.165) is 0 Å². The van der Waals surface area contributed by atoms with Crippen LogP contribution in [0.25, 0.3) is 0 Å². The number of hydrogen-bond acceptors (Lipinski definition) is 4. The molecular weight excluding hydrogens is 376 g/mol. The van der Waals surface area contributed by atoms with Crippen molar-refractivity contribution < 1.29 is 4.79 Å². The number of thioether (sulfide) groups is 1. The lowest BCUT2D eigenvalue weighted by molar-refractivity contribution is 0.102. The number of rotatable bonds is 3. The molecule has 0 fully saturated rings. The van der Waals surface area contributed by atoms with Crippen LogP contribution in [-0.2, 0) is 0 Å².